The van der Waals surface area contributed by atoms with E-state index in [1.165, 1.54) is 0 Å². The molecule has 2 aliphatic heterocycles. The molecule has 0 bridgehead atoms. The van der Waals surface area contributed by atoms with Crippen molar-refractivity contribution in [3.8, 4) is 11.5 Å². The third-order valence-corrected chi connectivity index (χ3v) is 4.75. The summed E-state index contributed by atoms with van der Waals surface area (Å²) < 4.78 is 11.3. The van der Waals surface area contributed by atoms with Gasteiger partial charge in [0.05, 0.1) is 13.2 Å². The molecule has 4 amide bonds. The molecule has 2 aliphatic rings. The van der Waals surface area contributed by atoms with Crippen LogP contribution in [0.15, 0.2) is 18.2 Å². The molecule has 1 aromatic carbocycles. The van der Waals surface area contributed by atoms with Crippen LogP contribution >= 0.6 is 0 Å². The number of urea groups is 1. The number of imide groups is 1. The average molecular weight is 375 g/mol. The first-order chi connectivity index (χ1) is 13.0. The minimum Gasteiger partial charge on any atom is -0.490 e. The highest BCUT2D eigenvalue weighted by molar-refractivity contribution is 6.09. The van der Waals surface area contributed by atoms with E-state index in [9.17, 15) is 14.4 Å². The summed E-state index contributed by atoms with van der Waals surface area (Å²) in [4.78, 5) is 38.2. The van der Waals surface area contributed by atoms with Crippen LogP contribution in [0, 0.1) is 0 Å². The van der Waals surface area contributed by atoms with E-state index >= 15 is 0 Å². The maximum Gasteiger partial charge on any atom is 0.325 e. The van der Waals surface area contributed by atoms with E-state index in [0.717, 1.165) is 24.2 Å². The first-order valence-electron chi connectivity index (χ1n) is 9.26. The maximum absolute atomic E-state index is 12.9. The summed E-state index contributed by atoms with van der Waals surface area (Å²) in [7, 11) is 0. The van der Waals surface area contributed by atoms with Crippen molar-refractivity contribution in [3.63, 3.8) is 0 Å². The Morgan fingerprint density at radius 3 is 2.74 bits per heavy atom. The highest BCUT2D eigenvalue weighted by Crippen LogP contribution is 2.36. The number of ether oxygens (including phenoxy) is 2. The number of benzene rings is 1. The van der Waals surface area contributed by atoms with Gasteiger partial charge in [0, 0.05) is 13.0 Å². The largest absolute Gasteiger partial charge is 0.490 e. The maximum atomic E-state index is 12.9. The third-order valence-electron chi connectivity index (χ3n) is 4.75. The molecule has 146 valence electrons. The number of fused-ring (bicyclic) bond motifs is 1. The quantitative estimate of drug-likeness (QED) is 0.581. The van der Waals surface area contributed by atoms with Gasteiger partial charge in [0.2, 0.25) is 5.91 Å². The van der Waals surface area contributed by atoms with Gasteiger partial charge in [-0.15, -0.1) is 0 Å². The Balaban J connectivity index is 1.76. The lowest BCUT2D eigenvalue weighted by Crippen LogP contribution is -2.43. The topological polar surface area (TPSA) is 97.0 Å². The summed E-state index contributed by atoms with van der Waals surface area (Å²) in [5.74, 6) is 0.343. The number of rotatable bonds is 6. The smallest absolute Gasteiger partial charge is 0.325 e. The molecule has 0 radical (unpaired) electrons. The molecule has 2 N–H and O–H groups in total. The van der Waals surface area contributed by atoms with Crippen molar-refractivity contribution in [1.29, 1.82) is 0 Å². The van der Waals surface area contributed by atoms with E-state index in [1.807, 2.05) is 6.92 Å². The lowest BCUT2D eigenvalue weighted by atomic mass is 9.91. The van der Waals surface area contributed by atoms with Crippen molar-refractivity contribution in [2.24, 2.45) is 0 Å². The summed E-state index contributed by atoms with van der Waals surface area (Å²) in [6.45, 7) is 4.97. The number of hydrogen-bond acceptors (Lipinski definition) is 5. The molecule has 1 fully saturated rings. The van der Waals surface area contributed by atoms with E-state index in [4.69, 9.17) is 9.47 Å². The SMILES string of the molecule is CCCCNC(=O)CN1C(=O)NC(C)(c2ccc3c(c2)OCCCO3)C1=O. The van der Waals surface area contributed by atoms with Crippen LogP contribution in [-0.4, -0.2) is 49.0 Å². The zero-order valence-electron chi connectivity index (χ0n) is 15.7. The first-order valence-corrected chi connectivity index (χ1v) is 9.26. The molecule has 0 spiro atoms. The van der Waals surface area contributed by atoms with Gasteiger partial charge >= 0.3 is 6.03 Å². The number of amides is 4. The fraction of sp³-hybridized carbons (Fsp3) is 0.526. The van der Waals surface area contributed by atoms with Crippen molar-refractivity contribution < 1.29 is 23.9 Å². The molecule has 0 aliphatic carbocycles. The summed E-state index contributed by atoms with van der Waals surface area (Å²) >= 11 is 0. The van der Waals surface area contributed by atoms with Gasteiger partial charge in [0.1, 0.15) is 12.1 Å². The number of carbonyl (C=O) groups is 3. The summed E-state index contributed by atoms with van der Waals surface area (Å²) in [5.41, 5.74) is -0.676. The van der Waals surface area contributed by atoms with Gasteiger partial charge in [-0.2, -0.15) is 0 Å². The fourth-order valence-corrected chi connectivity index (χ4v) is 3.11. The first kappa shape index (κ1) is 19.0. The number of unbranched alkanes of at least 4 members (excludes halogenated alkanes) is 1. The van der Waals surface area contributed by atoms with Gasteiger partial charge in [0.25, 0.3) is 5.91 Å². The standard InChI is InChI=1S/C19H25N3O5/c1-3-4-8-20-16(23)12-22-17(24)19(2,21-18(22)25)13-6-7-14-15(11-13)27-10-5-9-26-14/h6-7,11H,3-5,8-10,12H2,1-2H3,(H,20,23)(H,21,25). The minimum atomic E-state index is -1.26. The van der Waals surface area contributed by atoms with E-state index in [1.54, 1.807) is 25.1 Å². The Hall–Kier alpha value is -2.77. The highest BCUT2D eigenvalue weighted by Gasteiger charge is 2.49. The highest BCUT2D eigenvalue weighted by atomic mass is 16.5. The molecule has 8 heteroatoms. The van der Waals surface area contributed by atoms with Crippen LogP contribution in [0.2, 0.25) is 0 Å². The minimum absolute atomic E-state index is 0.297. The third kappa shape index (κ3) is 3.84. The van der Waals surface area contributed by atoms with Crippen LogP contribution in [0.25, 0.3) is 0 Å². The van der Waals surface area contributed by atoms with Crippen molar-refractivity contribution >= 4 is 17.8 Å². The molecule has 8 nitrogen and oxygen atoms in total. The molecule has 2 heterocycles. The number of nitrogens with zero attached hydrogens (tertiary/aromatic N) is 1. The molecular formula is C19H25N3O5. The second-order valence-corrected chi connectivity index (χ2v) is 6.86. The molecule has 0 saturated carbocycles. The number of carbonyl (C=O) groups excluding carboxylic acids is 3. The van der Waals surface area contributed by atoms with Crippen LogP contribution in [0.3, 0.4) is 0 Å². The van der Waals surface area contributed by atoms with E-state index < -0.39 is 17.5 Å². The Bertz CT molecular complexity index is 751. The van der Waals surface area contributed by atoms with Gasteiger partial charge in [0.15, 0.2) is 11.5 Å². The Morgan fingerprint density at radius 2 is 2.00 bits per heavy atom. The van der Waals surface area contributed by atoms with Gasteiger partial charge in [-0.25, -0.2) is 4.79 Å². The zero-order valence-corrected chi connectivity index (χ0v) is 15.7. The Kier molecular flexibility index (Phi) is 5.53. The van der Waals surface area contributed by atoms with Crippen LogP contribution in [0.1, 0.15) is 38.7 Å². The van der Waals surface area contributed by atoms with Crippen molar-refractivity contribution in [1.82, 2.24) is 15.5 Å². The molecule has 1 aromatic rings. The Labute approximate surface area is 158 Å². The summed E-state index contributed by atoms with van der Waals surface area (Å²) in [6, 6.07) is 4.60. The lowest BCUT2D eigenvalue weighted by molar-refractivity contribution is -0.134. The van der Waals surface area contributed by atoms with Crippen LogP contribution in [0.4, 0.5) is 4.79 Å². The summed E-state index contributed by atoms with van der Waals surface area (Å²) in [6.07, 6.45) is 2.57. The van der Waals surface area contributed by atoms with E-state index in [2.05, 4.69) is 10.6 Å². The molecule has 1 atom stereocenters. The fourth-order valence-electron chi connectivity index (χ4n) is 3.11. The molecular weight excluding hydrogens is 350 g/mol. The molecule has 3 rings (SSSR count). The number of hydrogen-bond donors (Lipinski definition) is 2. The zero-order chi connectivity index (χ0) is 19.4. The van der Waals surface area contributed by atoms with E-state index in [-0.39, 0.29) is 12.5 Å². The van der Waals surface area contributed by atoms with Gasteiger partial charge in [-0.3, -0.25) is 14.5 Å². The molecule has 1 unspecified atom stereocenters. The summed E-state index contributed by atoms with van der Waals surface area (Å²) in [5, 5.41) is 5.42. The van der Waals surface area contributed by atoms with Crippen LogP contribution in [0.5, 0.6) is 11.5 Å². The predicted molar refractivity (Wildman–Crippen MR) is 97.6 cm³/mol. The average Bonchev–Trinajstić information content (AvgIpc) is 2.83. The second-order valence-electron chi connectivity index (χ2n) is 6.86. The van der Waals surface area contributed by atoms with E-state index in [0.29, 0.717) is 36.8 Å². The van der Waals surface area contributed by atoms with Crippen LogP contribution in [-0.2, 0) is 15.1 Å². The monoisotopic (exact) mass is 375 g/mol. The van der Waals surface area contributed by atoms with Crippen molar-refractivity contribution in [2.45, 2.75) is 38.6 Å². The normalized spacial score (nSPS) is 21.6. The molecule has 1 saturated heterocycles. The van der Waals surface area contributed by atoms with Crippen molar-refractivity contribution in [3.05, 3.63) is 23.8 Å². The second kappa shape index (κ2) is 7.85. The number of nitrogens with one attached hydrogen (secondary N) is 2. The Morgan fingerprint density at radius 1 is 1.26 bits per heavy atom. The van der Waals surface area contributed by atoms with Crippen LogP contribution < -0.4 is 20.1 Å². The lowest BCUT2D eigenvalue weighted by Gasteiger charge is -2.23. The van der Waals surface area contributed by atoms with Gasteiger partial charge in [-0.05, 0) is 31.0 Å². The molecule has 27 heavy (non-hydrogen) atoms. The predicted octanol–water partition coefficient (Wildman–Crippen LogP) is 1.53. The van der Waals surface area contributed by atoms with Gasteiger partial charge in [-0.1, -0.05) is 19.4 Å². The van der Waals surface area contributed by atoms with Gasteiger partial charge < -0.3 is 20.1 Å². The van der Waals surface area contributed by atoms with Crippen molar-refractivity contribution in [2.75, 3.05) is 26.3 Å². The molecule has 0 aromatic heterocycles.